The second-order valence-corrected chi connectivity index (χ2v) is 3.39. The lowest BCUT2D eigenvalue weighted by atomic mass is 10.2. The van der Waals surface area contributed by atoms with Crippen LogP contribution in [-0.2, 0) is 4.79 Å². The van der Waals surface area contributed by atoms with Crippen LogP contribution in [0.3, 0.4) is 0 Å². The highest BCUT2D eigenvalue weighted by atomic mass is 16.3. The van der Waals surface area contributed by atoms with Crippen LogP contribution < -0.4 is 16.4 Å². The van der Waals surface area contributed by atoms with Crippen LogP contribution in [0.25, 0.3) is 0 Å². The third kappa shape index (κ3) is 5.44. The first-order valence-electron chi connectivity index (χ1n) is 5.41. The van der Waals surface area contributed by atoms with E-state index in [0.29, 0.717) is 11.3 Å². The van der Waals surface area contributed by atoms with Gasteiger partial charge >= 0.3 is 0 Å². The molecule has 0 bridgehead atoms. The predicted octanol–water partition coefficient (Wildman–Crippen LogP) is -0.342. The first-order chi connectivity index (χ1) is 8.12. The van der Waals surface area contributed by atoms with Gasteiger partial charge in [-0.25, -0.2) is 0 Å². The zero-order chi connectivity index (χ0) is 13.3. The maximum Gasteiger partial charge on any atom is 0.242 e. The molecule has 0 saturated carbocycles. The summed E-state index contributed by atoms with van der Waals surface area (Å²) in [5.41, 5.74) is 6.68. The number of likely N-dealkylation sites (N-methyl/N-ethyl adjacent to an activating group) is 1. The third-order valence-electron chi connectivity index (χ3n) is 2.26. The Hall–Kier alpha value is -1.43. The molecule has 0 fully saturated rings. The number of carbonyl (C=O) groups is 1. The number of hydrogen-bond donors (Lipinski definition) is 4. The van der Waals surface area contributed by atoms with Crippen molar-refractivity contribution in [2.45, 2.75) is 13.0 Å². The molecule has 0 rings (SSSR count). The number of hydrogen-bond acceptors (Lipinski definition) is 4. The van der Waals surface area contributed by atoms with E-state index in [0.717, 1.165) is 0 Å². The lowest BCUT2D eigenvalue weighted by molar-refractivity contribution is -0.122. The number of amides is 1. The SMILES string of the molecule is C=C/C(=C\C(=C/C)NC(=O)C(CN)NC)CO. The number of aliphatic hydroxyl groups excluding tert-OH is 1. The monoisotopic (exact) mass is 239 g/mol. The highest BCUT2D eigenvalue weighted by Gasteiger charge is 2.14. The molecular weight excluding hydrogens is 218 g/mol. The molecule has 0 heterocycles. The Bertz CT molecular complexity index is 318. The third-order valence-corrected chi connectivity index (χ3v) is 2.26. The van der Waals surface area contributed by atoms with Crippen LogP contribution in [-0.4, -0.2) is 37.3 Å². The number of rotatable bonds is 7. The van der Waals surface area contributed by atoms with Crippen molar-refractivity contribution in [1.29, 1.82) is 0 Å². The van der Waals surface area contributed by atoms with E-state index in [9.17, 15) is 4.79 Å². The van der Waals surface area contributed by atoms with E-state index in [1.807, 2.05) is 0 Å². The molecule has 0 saturated heterocycles. The molecule has 17 heavy (non-hydrogen) atoms. The van der Waals surface area contributed by atoms with Gasteiger partial charge < -0.3 is 21.5 Å². The van der Waals surface area contributed by atoms with Gasteiger partial charge in [0.25, 0.3) is 0 Å². The Morgan fingerprint density at radius 2 is 2.24 bits per heavy atom. The summed E-state index contributed by atoms with van der Waals surface area (Å²) in [6.07, 6.45) is 4.93. The van der Waals surface area contributed by atoms with Gasteiger partial charge in [-0.05, 0) is 25.6 Å². The quantitative estimate of drug-likeness (QED) is 0.458. The lowest BCUT2D eigenvalue weighted by Crippen LogP contribution is -2.46. The van der Waals surface area contributed by atoms with Crippen molar-refractivity contribution >= 4 is 5.91 Å². The van der Waals surface area contributed by atoms with Crippen molar-refractivity contribution in [2.75, 3.05) is 20.2 Å². The summed E-state index contributed by atoms with van der Waals surface area (Å²) in [5, 5.41) is 14.5. The fourth-order valence-electron chi connectivity index (χ4n) is 1.15. The second kappa shape index (κ2) is 8.69. The van der Waals surface area contributed by atoms with Gasteiger partial charge in [0.2, 0.25) is 5.91 Å². The first kappa shape index (κ1) is 15.6. The molecular formula is C12H21N3O2. The van der Waals surface area contributed by atoms with Crippen molar-refractivity contribution in [3.8, 4) is 0 Å². The molecule has 0 spiro atoms. The van der Waals surface area contributed by atoms with Gasteiger partial charge in [0.15, 0.2) is 0 Å². The van der Waals surface area contributed by atoms with Crippen molar-refractivity contribution in [3.05, 3.63) is 36.1 Å². The zero-order valence-electron chi connectivity index (χ0n) is 10.4. The average Bonchev–Trinajstić information content (AvgIpc) is 2.35. The first-order valence-corrected chi connectivity index (χ1v) is 5.41. The van der Waals surface area contributed by atoms with E-state index in [4.69, 9.17) is 10.8 Å². The Morgan fingerprint density at radius 3 is 2.59 bits per heavy atom. The van der Waals surface area contributed by atoms with Crippen molar-refractivity contribution in [1.82, 2.24) is 10.6 Å². The maximum absolute atomic E-state index is 11.7. The van der Waals surface area contributed by atoms with E-state index in [-0.39, 0.29) is 19.1 Å². The van der Waals surface area contributed by atoms with Crippen LogP contribution in [0, 0.1) is 0 Å². The van der Waals surface area contributed by atoms with Crippen LogP contribution >= 0.6 is 0 Å². The van der Waals surface area contributed by atoms with Crippen molar-refractivity contribution in [2.24, 2.45) is 5.73 Å². The average molecular weight is 239 g/mol. The summed E-state index contributed by atoms with van der Waals surface area (Å²) in [4.78, 5) is 11.7. The van der Waals surface area contributed by atoms with Crippen LogP contribution in [0.15, 0.2) is 36.1 Å². The zero-order valence-corrected chi connectivity index (χ0v) is 10.4. The van der Waals surface area contributed by atoms with Gasteiger partial charge in [0, 0.05) is 12.2 Å². The maximum atomic E-state index is 11.7. The molecule has 0 aliphatic heterocycles. The van der Waals surface area contributed by atoms with Gasteiger partial charge in [-0.15, -0.1) is 0 Å². The molecule has 0 aromatic rings. The Morgan fingerprint density at radius 1 is 1.59 bits per heavy atom. The van der Waals surface area contributed by atoms with E-state index in [1.54, 1.807) is 26.1 Å². The second-order valence-electron chi connectivity index (χ2n) is 3.39. The van der Waals surface area contributed by atoms with Crippen LogP contribution in [0.1, 0.15) is 6.92 Å². The Balaban J connectivity index is 4.68. The minimum Gasteiger partial charge on any atom is -0.392 e. The normalized spacial score (nSPS) is 14.4. The van der Waals surface area contributed by atoms with Gasteiger partial charge in [-0.2, -0.15) is 0 Å². The molecule has 0 aromatic heterocycles. The summed E-state index contributed by atoms with van der Waals surface area (Å²) in [6, 6.07) is -0.431. The lowest BCUT2D eigenvalue weighted by Gasteiger charge is -2.14. The van der Waals surface area contributed by atoms with Gasteiger partial charge in [-0.3, -0.25) is 4.79 Å². The number of nitrogens with one attached hydrogen (secondary N) is 2. The highest BCUT2D eigenvalue weighted by Crippen LogP contribution is 2.01. The summed E-state index contributed by atoms with van der Waals surface area (Å²) < 4.78 is 0. The fraction of sp³-hybridized carbons (Fsp3) is 0.417. The highest BCUT2D eigenvalue weighted by molar-refractivity contribution is 5.84. The number of nitrogens with two attached hydrogens (primary N) is 1. The molecule has 5 N–H and O–H groups in total. The Labute approximate surface area is 102 Å². The minimum atomic E-state index is -0.431. The molecule has 0 aromatic carbocycles. The van der Waals surface area contributed by atoms with E-state index >= 15 is 0 Å². The molecule has 0 radical (unpaired) electrons. The Kier molecular flexibility index (Phi) is 7.96. The van der Waals surface area contributed by atoms with Crippen LogP contribution in [0.4, 0.5) is 0 Å². The summed E-state index contributed by atoms with van der Waals surface area (Å²) in [5.74, 6) is -0.208. The van der Waals surface area contributed by atoms with Gasteiger partial charge in [0.1, 0.15) is 0 Å². The summed E-state index contributed by atoms with van der Waals surface area (Å²) in [7, 11) is 1.67. The van der Waals surface area contributed by atoms with Gasteiger partial charge in [0.05, 0.1) is 12.6 Å². The van der Waals surface area contributed by atoms with Crippen molar-refractivity contribution in [3.63, 3.8) is 0 Å². The standard InChI is InChI=1S/C12H21N3O2/c1-4-9(8-16)6-10(5-2)15-12(17)11(7-13)14-3/h4-6,11,14,16H,1,7-8,13H2,2-3H3,(H,15,17)/b9-6+,10-5+. The summed E-state index contributed by atoms with van der Waals surface area (Å²) >= 11 is 0. The molecule has 96 valence electrons. The molecule has 5 nitrogen and oxygen atoms in total. The van der Waals surface area contributed by atoms with E-state index in [2.05, 4.69) is 17.2 Å². The number of aliphatic hydroxyl groups is 1. The minimum absolute atomic E-state index is 0.122. The number of allylic oxidation sites excluding steroid dienone is 2. The topological polar surface area (TPSA) is 87.4 Å². The van der Waals surface area contributed by atoms with Crippen LogP contribution in [0.5, 0.6) is 0 Å². The molecule has 0 aliphatic rings. The van der Waals surface area contributed by atoms with E-state index in [1.165, 1.54) is 6.08 Å². The molecule has 0 aliphatic carbocycles. The number of carbonyl (C=O) groups excluding carboxylic acids is 1. The molecule has 1 atom stereocenters. The molecule has 5 heteroatoms. The largest absolute Gasteiger partial charge is 0.392 e. The van der Waals surface area contributed by atoms with E-state index < -0.39 is 6.04 Å². The summed E-state index contributed by atoms with van der Waals surface area (Å²) in [6.45, 7) is 5.46. The fourth-order valence-corrected chi connectivity index (χ4v) is 1.15. The van der Waals surface area contributed by atoms with Crippen LogP contribution in [0.2, 0.25) is 0 Å². The van der Waals surface area contributed by atoms with Gasteiger partial charge in [-0.1, -0.05) is 18.7 Å². The smallest absolute Gasteiger partial charge is 0.242 e. The molecule has 1 amide bonds. The predicted molar refractivity (Wildman–Crippen MR) is 69.2 cm³/mol. The molecule has 1 unspecified atom stereocenters. The van der Waals surface area contributed by atoms with Crippen molar-refractivity contribution < 1.29 is 9.90 Å².